The standard InChI is InChI=1S/C5H10IN.ClH/c6-5-2-1-3-7-4-5;/h5,7H,1-4H2;1H. The lowest BCUT2D eigenvalue weighted by Gasteiger charge is -2.16. The van der Waals surface area contributed by atoms with Crippen LogP contribution in [-0.4, -0.2) is 17.0 Å². The minimum Gasteiger partial charge on any atom is -0.316 e. The molecule has 0 bridgehead atoms. The van der Waals surface area contributed by atoms with Gasteiger partial charge in [-0.15, -0.1) is 12.4 Å². The average Bonchev–Trinajstić information content (AvgIpc) is 1.69. The van der Waals surface area contributed by atoms with Crippen molar-refractivity contribution in [2.24, 2.45) is 0 Å². The Morgan fingerprint density at radius 3 is 2.50 bits per heavy atom. The van der Waals surface area contributed by atoms with Gasteiger partial charge in [0.1, 0.15) is 0 Å². The second kappa shape index (κ2) is 4.82. The van der Waals surface area contributed by atoms with Crippen LogP contribution in [0.2, 0.25) is 0 Å². The fourth-order valence-corrected chi connectivity index (χ4v) is 1.56. The molecular formula is C5H11ClIN. The zero-order valence-corrected chi connectivity index (χ0v) is 7.67. The second-order valence-electron chi connectivity index (χ2n) is 1.94. The number of rotatable bonds is 0. The molecule has 1 aliphatic heterocycles. The summed E-state index contributed by atoms with van der Waals surface area (Å²) in [6.07, 6.45) is 2.78. The largest absolute Gasteiger partial charge is 0.316 e. The molecule has 0 aromatic rings. The highest BCUT2D eigenvalue weighted by molar-refractivity contribution is 14.1. The smallest absolute Gasteiger partial charge is 0.0235 e. The van der Waals surface area contributed by atoms with Gasteiger partial charge in [-0.1, -0.05) is 22.6 Å². The van der Waals surface area contributed by atoms with Crippen LogP contribution >= 0.6 is 35.0 Å². The van der Waals surface area contributed by atoms with Crippen molar-refractivity contribution in [2.75, 3.05) is 13.1 Å². The lowest BCUT2D eigenvalue weighted by atomic mass is 10.2. The molecule has 1 unspecified atom stereocenters. The van der Waals surface area contributed by atoms with Crippen molar-refractivity contribution in [2.45, 2.75) is 16.8 Å². The molecule has 1 heterocycles. The summed E-state index contributed by atoms with van der Waals surface area (Å²) in [5, 5.41) is 3.33. The van der Waals surface area contributed by atoms with E-state index in [1.165, 1.54) is 25.9 Å². The highest BCUT2D eigenvalue weighted by atomic mass is 127. The van der Waals surface area contributed by atoms with Crippen molar-refractivity contribution in [1.29, 1.82) is 0 Å². The van der Waals surface area contributed by atoms with Crippen molar-refractivity contribution >= 4 is 35.0 Å². The molecule has 0 radical (unpaired) electrons. The number of hydrogen-bond donors (Lipinski definition) is 1. The monoisotopic (exact) mass is 247 g/mol. The Hall–Kier alpha value is 0.980. The van der Waals surface area contributed by atoms with Crippen LogP contribution < -0.4 is 5.32 Å². The SMILES string of the molecule is Cl.IC1CCCNC1. The Bertz CT molecular complexity index is 54.4. The van der Waals surface area contributed by atoms with Crippen LogP contribution in [0.25, 0.3) is 0 Å². The molecule has 50 valence electrons. The molecule has 0 aromatic heterocycles. The van der Waals surface area contributed by atoms with Gasteiger partial charge in [-0.2, -0.15) is 0 Å². The van der Waals surface area contributed by atoms with Gasteiger partial charge in [0.15, 0.2) is 0 Å². The Morgan fingerprint density at radius 1 is 1.50 bits per heavy atom. The van der Waals surface area contributed by atoms with Crippen LogP contribution in [0.3, 0.4) is 0 Å². The van der Waals surface area contributed by atoms with Crippen LogP contribution in [0, 0.1) is 0 Å². The number of hydrogen-bond acceptors (Lipinski definition) is 1. The van der Waals surface area contributed by atoms with Crippen molar-refractivity contribution in [3.8, 4) is 0 Å². The fraction of sp³-hybridized carbons (Fsp3) is 1.00. The molecule has 1 rings (SSSR count). The molecule has 0 spiro atoms. The minimum absolute atomic E-state index is 0. The third kappa shape index (κ3) is 3.10. The molecule has 3 heteroatoms. The van der Waals surface area contributed by atoms with E-state index in [-0.39, 0.29) is 12.4 Å². The van der Waals surface area contributed by atoms with Crippen LogP contribution in [0.15, 0.2) is 0 Å². The lowest BCUT2D eigenvalue weighted by Crippen LogP contribution is -2.29. The molecule has 1 fully saturated rings. The molecular weight excluding hydrogens is 236 g/mol. The summed E-state index contributed by atoms with van der Waals surface area (Å²) >= 11 is 2.49. The highest BCUT2D eigenvalue weighted by Crippen LogP contribution is 2.09. The van der Waals surface area contributed by atoms with E-state index < -0.39 is 0 Å². The molecule has 0 aliphatic carbocycles. The summed E-state index contributed by atoms with van der Waals surface area (Å²) in [6, 6.07) is 0. The van der Waals surface area contributed by atoms with Crippen LogP contribution in [0.1, 0.15) is 12.8 Å². The molecule has 0 aromatic carbocycles. The Kier molecular flexibility index (Phi) is 5.41. The fourth-order valence-electron chi connectivity index (χ4n) is 0.809. The molecule has 1 aliphatic rings. The van der Waals surface area contributed by atoms with E-state index in [9.17, 15) is 0 Å². The number of halogens is 2. The van der Waals surface area contributed by atoms with Crippen molar-refractivity contribution in [3.05, 3.63) is 0 Å². The van der Waals surface area contributed by atoms with Gasteiger partial charge in [0.05, 0.1) is 0 Å². The molecule has 0 saturated carbocycles. The van der Waals surface area contributed by atoms with Gasteiger partial charge in [-0.25, -0.2) is 0 Å². The van der Waals surface area contributed by atoms with Gasteiger partial charge in [0.25, 0.3) is 0 Å². The molecule has 1 N–H and O–H groups in total. The van der Waals surface area contributed by atoms with Gasteiger partial charge in [0.2, 0.25) is 0 Å². The van der Waals surface area contributed by atoms with E-state index >= 15 is 0 Å². The van der Waals surface area contributed by atoms with E-state index in [4.69, 9.17) is 0 Å². The van der Waals surface area contributed by atoms with Crippen LogP contribution in [-0.2, 0) is 0 Å². The molecule has 0 amide bonds. The zero-order valence-electron chi connectivity index (χ0n) is 4.69. The summed E-state index contributed by atoms with van der Waals surface area (Å²) in [5.74, 6) is 0. The molecule has 1 saturated heterocycles. The topological polar surface area (TPSA) is 12.0 Å². The van der Waals surface area contributed by atoms with Crippen LogP contribution in [0.4, 0.5) is 0 Å². The number of nitrogens with one attached hydrogen (secondary N) is 1. The molecule has 1 atom stereocenters. The summed E-state index contributed by atoms with van der Waals surface area (Å²) in [4.78, 5) is 0. The molecule has 8 heavy (non-hydrogen) atoms. The molecule has 1 nitrogen and oxygen atoms in total. The first kappa shape index (κ1) is 8.98. The highest BCUT2D eigenvalue weighted by Gasteiger charge is 2.06. The number of alkyl halides is 1. The predicted octanol–water partition coefficient (Wildman–Crippen LogP) is 1.60. The van der Waals surface area contributed by atoms with Gasteiger partial charge in [-0.3, -0.25) is 0 Å². The van der Waals surface area contributed by atoms with Crippen molar-refractivity contribution in [3.63, 3.8) is 0 Å². The minimum atomic E-state index is 0. The van der Waals surface area contributed by atoms with Crippen LogP contribution in [0.5, 0.6) is 0 Å². The summed E-state index contributed by atoms with van der Waals surface area (Å²) in [6.45, 7) is 2.46. The summed E-state index contributed by atoms with van der Waals surface area (Å²) in [7, 11) is 0. The Labute approximate surface area is 70.2 Å². The maximum Gasteiger partial charge on any atom is 0.0235 e. The zero-order chi connectivity index (χ0) is 5.11. The van der Waals surface area contributed by atoms with E-state index in [0.717, 1.165) is 3.92 Å². The van der Waals surface area contributed by atoms with Crippen molar-refractivity contribution < 1.29 is 0 Å². The van der Waals surface area contributed by atoms with Gasteiger partial charge in [-0.05, 0) is 19.4 Å². The first-order valence-corrected chi connectivity index (χ1v) is 3.99. The average molecular weight is 248 g/mol. The first-order chi connectivity index (χ1) is 3.39. The second-order valence-corrected chi connectivity index (χ2v) is 3.71. The van der Waals surface area contributed by atoms with E-state index in [0.29, 0.717) is 0 Å². The van der Waals surface area contributed by atoms with E-state index in [1.807, 2.05) is 0 Å². The third-order valence-electron chi connectivity index (χ3n) is 1.24. The third-order valence-corrected chi connectivity index (χ3v) is 2.30. The van der Waals surface area contributed by atoms with E-state index in [1.54, 1.807) is 0 Å². The van der Waals surface area contributed by atoms with Crippen molar-refractivity contribution in [1.82, 2.24) is 5.32 Å². The predicted molar refractivity (Wildman–Crippen MR) is 47.2 cm³/mol. The summed E-state index contributed by atoms with van der Waals surface area (Å²) in [5.41, 5.74) is 0. The maximum absolute atomic E-state index is 3.33. The maximum atomic E-state index is 3.33. The first-order valence-electron chi connectivity index (χ1n) is 2.74. The number of piperidine rings is 1. The van der Waals surface area contributed by atoms with Gasteiger partial charge >= 0.3 is 0 Å². The van der Waals surface area contributed by atoms with Gasteiger partial charge in [0, 0.05) is 10.5 Å². The quantitative estimate of drug-likeness (QED) is 0.506. The van der Waals surface area contributed by atoms with Gasteiger partial charge < -0.3 is 5.32 Å². The Morgan fingerprint density at radius 2 is 2.25 bits per heavy atom. The Balaban J connectivity index is 0.000000490. The summed E-state index contributed by atoms with van der Waals surface area (Å²) < 4.78 is 0.895. The lowest BCUT2D eigenvalue weighted by molar-refractivity contribution is 0.543. The van der Waals surface area contributed by atoms with E-state index in [2.05, 4.69) is 27.9 Å². The normalized spacial score (nSPS) is 28.9.